The molecule has 3 heteroatoms. The molecule has 2 rings (SSSR count). The van der Waals surface area contributed by atoms with Crippen LogP contribution in [-0.4, -0.2) is 23.1 Å². The summed E-state index contributed by atoms with van der Waals surface area (Å²) in [5, 5.41) is 4.25. The first-order valence-corrected chi connectivity index (χ1v) is 8.24. The third kappa shape index (κ3) is 4.48. The predicted molar refractivity (Wildman–Crippen MR) is 91.2 cm³/mol. The number of nitrogens with one attached hydrogen (secondary N) is 1. The lowest BCUT2D eigenvalue weighted by Crippen LogP contribution is -2.41. The van der Waals surface area contributed by atoms with E-state index in [-0.39, 0.29) is 0 Å². The minimum Gasteiger partial charge on any atom is -0.349 e. The summed E-state index contributed by atoms with van der Waals surface area (Å²) in [6, 6.07) is 8.70. The van der Waals surface area contributed by atoms with E-state index in [1.54, 1.807) is 0 Å². The van der Waals surface area contributed by atoms with Gasteiger partial charge in [0.15, 0.2) is 5.11 Å². The fraction of sp³-hybridized carbons (Fsp3) is 0.588. The molecule has 110 valence electrons. The van der Waals surface area contributed by atoms with Crippen molar-refractivity contribution >= 4 is 23.0 Å². The summed E-state index contributed by atoms with van der Waals surface area (Å²) in [6.45, 7) is 6.70. The lowest BCUT2D eigenvalue weighted by Gasteiger charge is -2.33. The van der Waals surface area contributed by atoms with Crippen LogP contribution in [0.15, 0.2) is 24.3 Å². The van der Waals surface area contributed by atoms with Crippen molar-refractivity contribution in [1.82, 2.24) is 4.90 Å². The Hall–Kier alpha value is -1.09. The van der Waals surface area contributed by atoms with Crippen molar-refractivity contribution < 1.29 is 0 Å². The van der Waals surface area contributed by atoms with E-state index in [4.69, 9.17) is 12.2 Å². The number of likely N-dealkylation sites (tertiary alicyclic amines) is 1. The molecule has 1 N–H and O–H groups in total. The molecule has 1 saturated heterocycles. The van der Waals surface area contributed by atoms with Crippen molar-refractivity contribution in [2.45, 2.75) is 46.0 Å². The van der Waals surface area contributed by atoms with E-state index in [2.05, 4.69) is 48.3 Å². The van der Waals surface area contributed by atoms with E-state index in [0.29, 0.717) is 0 Å². The van der Waals surface area contributed by atoms with Gasteiger partial charge in [0.2, 0.25) is 0 Å². The molecule has 0 bridgehead atoms. The van der Waals surface area contributed by atoms with Crippen LogP contribution in [0.4, 0.5) is 5.69 Å². The summed E-state index contributed by atoms with van der Waals surface area (Å²) >= 11 is 5.53. The molecule has 1 aliphatic rings. The zero-order valence-electron chi connectivity index (χ0n) is 12.7. The second-order valence-corrected chi connectivity index (χ2v) is 6.31. The number of thiocarbonyl (C=S) groups is 1. The van der Waals surface area contributed by atoms with Gasteiger partial charge in [-0.25, -0.2) is 0 Å². The van der Waals surface area contributed by atoms with Crippen molar-refractivity contribution in [3.63, 3.8) is 0 Å². The SMILES string of the molecule is CCCCc1ccc(NC(=S)N2CCC[C@H](C)C2)cc1. The van der Waals surface area contributed by atoms with Gasteiger partial charge in [-0.15, -0.1) is 0 Å². The quantitative estimate of drug-likeness (QED) is 0.824. The molecule has 1 aromatic carbocycles. The smallest absolute Gasteiger partial charge is 0.173 e. The van der Waals surface area contributed by atoms with Crippen LogP contribution in [0.5, 0.6) is 0 Å². The summed E-state index contributed by atoms with van der Waals surface area (Å²) in [5.41, 5.74) is 2.52. The second-order valence-electron chi connectivity index (χ2n) is 5.92. The van der Waals surface area contributed by atoms with Gasteiger partial charge in [0.25, 0.3) is 0 Å². The van der Waals surface area contributed by atoms with Gasteiger partial charge < -0.3 is 10.2 Å². The summed E-state index contributed by atoms with van der Waals surface area (Å²) < 4.78 is 0. The highest BCUT2D eigenvalue weighted by Crippen LogP contribution is 2.17. The van der Waals surface area contributed by atoms with Crippen molar-refractivity contribution in [1.29, 1.82) is 0 Å². The predicted octanol–water partition coefficient (Wildman–Crippen LogP) is 4.46. The topological polar surface area (TPSA) is 15.3 Å². The van der Waals surface area contributed by atoms with E-state index < -0.39 is 0 Å². The molecule has 0 spiro atoms. The highest BCUT2D eigenvalue weighted by Gasteiger charge is 2.18. The molecule has 1 aromatic rings. The monoisotopic (exact) mass is 290 g/mol. The van der Waals surface area contributed by atoms with Crippen LogP contribution >= 0.6 is 12.2 Å². The summed E-state index contributed by atoms with van der Waals surface area (Å²) in [7, 11) is 0. The summed E-state index contributed by atoms with van der Waals surface area (Å²) in [5.74, 6) is 0.750. The van der Waals surface area contributed by atoms with Crippen molar-refractivity contribution in [3.8, 4) is 0 Å². The molecule has 0 unspecified atom stereocenters. The zero-order valence-corrected chi connectivity index (χ0v) is 13.5. The minimum absolute atomic E-state index is 0.750. The molecular formula is C17H26N2S. The maximum absolute atomic E-state index is 5.53. The van der Waals surface area contributed by atoms with Gasteiger partial charge in [-0.3, -0.25) is 0 Å². The van der Waals surface area contributed by atoms with Crippen LogP contribution in [0, 0.1) is 5.92 Å². The third-order valence-corrected chi connectivity index (χ3v) is 4.33. The zero-order chi connectivity index (χ0) is 14.4. The molecule has 0 saturated carbocycles. The number of hydrogen-bond donors (Lipinski definition) is 1. The summed E-state index contributed by atoms with van der Waals surface area (Å²) in [4.78, 5) is 2.30. The standard InChI is InChI=1S/C17H26N2S/c1-3-4-7-15-8-10-16(11-9-15)18-17(20)19-12-5-6-14(2)13-19/h8-11,14H,3-7,12-13H2,1-2H3,(H,18,20)/t14-/m0/s1. The van der Waals surface area contributed by atoms with Gasteiger partial charge in [-0.05, 0) is 61.5 Å². The number of aryl methyl sites for hydroxylation is 1. The second kappa shape index (κ2) is 7.63. The fourth-order valence-corrected chi connectivity index (χ4v) is 3.00. The van der Waals surface area contributed by atoms with Crippen LogP contribution in [0.3, 0.4) is 0 Å². The van der Waals surface area contributed by atoms with Gasteiger partial charge in [0, 0.05) is 18.8 Å². The third-order valence-electron chi connectivity index (χ3n) is 3.97. The van der Waals surface area contributed by atoms with E-state index in [1.165, 1.54) is 37.7 Å². The van der Waals surface area contributed by atoms with Crippen molar-refractivity contribution in [2.24, 2.45) is 5.92 Å². The normalized spacial score (nSPS) is 18.9. The molecule has 0 amide bonds. The molecule has 1 heterocycles. The first-order valence-electron chi connectivity index (χ1n) is 7.84. The number of hydrogen-bond acceptors (Lipinski definition) is 1. The van der Waals surface area contributed by atoms with E-state index >= 15 is 0 Å². The Balaban J connectivity index is 1.87. The van der Waals surface area contributed by atoms with Gasteiger partial charge in [0.1, 0.15) is 0 Å². The number of benzene rings is 1. The Morgan fingerprint density at radius 2 is 2.10 bits per heavy atom. The Bertz CT molecular complexity index is 427. The summed E-state index contributed by atoms with van der Waals surface area (Å²) in [6.07, 6.45) is 6.25. The van der Waals surface area contributed by atoms with Crippen LogP contribution in [0.1, 0.15) is 45.1 Å². The van der Waals surface area contributed by atoms with Gasteiger partial charge >= 0.3 is 0 Å². The fourth-order valence-electron chi connectivity index (χ4n) is 2.71. The molecule has 1 fully saturated rings. The van der Waals surface area contributed by atoms with E-state index in [1.807, 2.05) is 0 Å². The molecular weight excluding hydrogens is 264 g/mol. The van der Waals surface area contributed by atoms with Crippen LogP contribution in [0.25, 0.3) is 0 Å². The first kappa shape index (κ1) is 15.3. The number of piperidine rings is 1. The average Bonchev–Trinajstić information content (AvgIpc) is 2.46. The highest BCUT2D eigenvalue weighted by molar-refractivity contribution is 7.80. The number of anilines is 1. The number of unbranched alkanes of at least 4 members (excludes halogenated alkanes) is 1. The van der Waals surface area contributed by atoms with E-state index in [9.17, 15) is 0 Å². The van der Waals surface area contributed by atoms with Gasteiger partial charge in [0.05, 0.1) is 0 Å². The first-order chi connectivity index (χ1) is 9.69. The molecule has 2 nitrogen and oxygen atoms in total. The molecule has 1 atom stereocenters. The van der Waals surface area contributed by atoms with Crippen LogP contribution in [0.2, 0.25) is 0 Å². The Morgan fingerprint density at radius 1 is 1.35 bits per heavy atom. The van der Waals surface area contributed by atoms with Crippen LogP contribution in [-0.2, 0) is 6.42 Å². The lowest BCUT2D eigenvalue weighted by molar-refractivity contribution is 0.276. The largest absolute Gasteiger partial charge is 0.349 e. The average molecular weight is 290 g/mol. The number of rotatable bonds is 4. The minimum atomic E-state index is 0.750. The van der Waals surface area contributed by atoms with Crippen LogP contribution < -0.4 is 5.32 Å². The maximum Gasteiger partial charge on any atom is 0.173 e. The van der Waals surface area contributed by atoms with Crippen molar-refractivity contribution in [3.05, 3.63) is 29.8 Å². The van der Waals surface area contributed by atoms with E-state index in [0.717, 1.165) is 29.8 Å². The number of nitrogens with zero attached hydrogens (tertiary/aromatic N) is 1. The Labute approximate surface area is 128 Å². The molecule has 0 radical (unpaired) electrons. The van der Waals surface area contributed by atoms with Gasteiger partial charge in [-0.1, -0.05) is 32.4 Å². The molecule has 0 aromatic heterocycles. The molecule has 1 aliphatic heterocycles. The van der Waals surface area contributed by atoms with Gasteiger partial charge in [-0.2, -0.15) is 0 Å². The maximum atomic E-state index is 5.53. The van der Waals surface area contributed by atoms with Crippen molar-refractivity contribution in [2.75, 3.05) is 18.4 Å². The molecule has 20 heavy (non-hydrogen) atoms. The Morgan fingerprint density at radius 3 is 2.75 bits per heavy atom. The highest BCUT2D eigenvalue weighted by atomic mass is 32.1. The molecule has 0 aliphatic carbocycles. The Kier molecular flexibility index (Phi) is 5.84. The lowest BCUT2D eigenvalue weighted by atomic mass is 10.0.